The van der Waals surface area contributed by atoms with E-state index in [-0.39, 0.29) is 6.29 Å². The third-order valence-electron chi connectivity index (χ3n) is 4.39. The zero-order chi connectivity index (χ0) is 14.1. The summed E-state index contributed by atoms with van der Waals surface area (Å²) in [5.74, 6) is 2.01. The predicted molar refractivity (Wildman–Crippen MR) is 85.7 cm³/mol. The lowest BCUT2D eigenvalue weighted by Gasteiger charge is -2.23. The Labute approximate surface area is 129 Å². The van der Waals surface area contributed by atoms with Crippen LogP contribution in [0.1, 0.15) is 31.1 Å². The zero-order valence-electron chi connectivity index (χ0n) is 12.0. The van der Waals surface area contributed by atoms with Crippen LogP contribution in [0.2, 0.25) is 0 Å². The highest BCUT2D eigenvalue weighted by molar-refractivity contribution is 8.14. The number of hydrogen-bond donors (Lipinski definition) is 1. The molecule has 1 aliphatic carbocycles. The minimum Gasteiger partial charge on any atom is -0.346 e. The third kappa shape index (κ3) is 2.96. The summed E-state index contributed by atoms with van der Waals surface area (Å²) >= 11 is 1.85. The molecule has 4 nitrogen and oxygen atoms in total. The maximum Gasteiger partial charge on any atom is 0.184 e. The van der Waals surface area contributed by atoms with Gasteiger partial charge in [-0.25, -0.2) is 0 Å². The number of thioether (sulfide) groups is 1. The summed E-state index contributed by atoms with van der Waals surface area (Å²) in [5.41, 5.74) is 2.16. The standard InChI is InChI=1S/C16H20N2O2S/c1-2-12-10-21-16(18-14(12)3-1)17-13-6-4-11(5-7-13)15-19-8-9-20-15/h4-7,12,14-15H,1-3,8-10H2,(H,17,18). The molecule has 5 heteroatoms. The predicted octanol–water partition coefficient (Wildman–Crippen LogP) is 3.42. The van der Waals surface area contributed by atoms with Gasteiger partial charge in [0.05, 0.1) is 19.3 Å². The number of anilines is 1. The number of benzene rings is 1. The van der Waals surface area contributed by atoms with Crippen molar-refractivity contribution < 1.29 is 9.47 Å². The van der Waals surface area contributed by atoms with Crippen molar-refractivity contribution in [3.63, 3.8) is 0 Å². The maximum absolute atomic E-state index is 5.51. The first kappa shape index (κ1) is 13.6. The largest absolute Gasteiger partial charge is 0.346 e. The summed E-state index contributed by atoms with van der Waals surface area (Å²) in [6.45, 7) is 1.36. The molecule has 2 fully saturated rings. The molecule has 0 amide bonds. The average Bonchev–Trinajstić information content (AvgIpc) is 3.19. The fourth-order valence-corrected chi connectivity index (χ4v) is 4.38. The van der Waals surface area contributed by atoms with Crippen LogP contribution in [-0.4, -0.2) is 30.2 Å². The van der Waals surface area contributed by atoms with Gasteiger partial charge in [0.25, 0.3) is 0 Å². The van der Waals surface area contributed by atoms with E-state index >= 15 is 0 Å². The topological polar surface area (TPSA) is 42.9 Å². The lowest BCUT2D eigenvalue weighted by Crippen LogP contribution is -2.25. The first-order valence-electron chi connectivity index (χ1n) is 7.69. The zero-order valence-corrected chi connectivity index (χ0v) is 12.8. The number of amidine groups is 1. The number of ether oxygens (including phenoxy) is 2. The van der Waals surface area contributed by atoms with E-state index in [2.05, 4.69) is 29.6 Å². The molecule has 1 aromatic rings. The maximum atomic E-state index is 5.51. The first-order valence-corrected chi connectivity index (χ1v) is 8.68. The van der Waals surface area contributed by atoms with Crippen molar-refractivity contribution in [2.45, 2.75) is 31.6 Å². The Morgan fingerprint density at radius 2 is 1.90 bits per heavy atom. The summed E-state index contributed by atoms with van der Waals surface area (Å²) in [5, 5.41) is 4.51. The van der Waals surface area contributed by atoms with Gasteiger partial charge in [-0.3, -0.25) is 4.99 Å². The molecule has 0 spiro atoms. The molecular weight excluding hydrogens is 284 g/mol. The van der Waals surface area contributed by atoms with Gasteiger partial charge >= 0.3 is 0 Å². The number of hydrogen-bond acceptors (Lipinski definition) is 5. The average molecular weight is 304 g/mol. The smallest absolute Gasteiger partial charge is 0.184 e. The molecule has 2 heterocycles. The van der Waals surface area contributed by atoms with Gasteiger partial charge in [0.15, 0.2) is 11.5 Å². The molecule has 1 aromatic carbocycles. The van der Waals surface area contributed by atoms with E-state index < -0.39 is 0 Å². The van der Waals surface area contributed by atoms with Crippen LogP contribution in [0.15, 0.2) is 29.3 Å². The molecule has 1 N–H and O–H groups in total. The van der Waals surface area contributed by atoms with Crippen LogP contribution < -0.4 is 5.32 Å². The van der Waals surface area contributed by atoms with E-state index in [1.165, 1.54) is 25.0 Å². The highest BCUT2D eigenvalue weighted by Crippen LogP contribution is 2.35. The van der Waals surface area contributed by atoms with Crippen LogP contribution in [-0.2, 0) is 9.47 Å². The SMILES string of the molecule is c1cc(C2OCCO2)ccc1NC1=NC2CCCC2CS1. The van der Waals surface area contributed by atoms with E-state index in [1.807, 2.05) is 11.8 Å². The normalized spacial score (nSPS) is 29.2. The van der Waals surface area contributed by atoms with E-state index in [4.69, 9.17) is 14.5 Å². The van der Waals surface area contributed by atoms with Crippen molar-refractivity contribution >= 4 is 22.6 Å². The highest BCUT2D eigenvalue weighted by atomic mass is 32.2. The summed E-state index contributed by atoms with van der Waals surface area (Å²) in [6.07, 6.45) is 3.75. The van der Waals surface area contributed by atoms with Gasteiger partial charge in [-0.15, -0.1) is 0 Å². The van der Waals surface area contributed by atoms with Crippen LogP contribution in [0.25, 0.3) is 0 Å². The van der Waals surface area contributed by atoms with Crippen LogP contribution in [0.5, 0.6) is 0 Å². The van der Waals surface area contributed by atoms with Crippen molar-refractivity contribution in [3.8, 4) is 0 Å². The second-order valence-corrected chi connectivity index (χ2v) is 6.83. The molecule has 2 unspecified atom stereocenters. The van der Waals surface area contributed by atoms with Crippen molar-refractivity contribution in [2.75, 3.05) is 24.3 Å². The van der Waals surface area contributed by atoms with Gasteiger partial charge in [0, 0.05) is 17.0 Å². The highest BCUT2D eigenvalue weighted by Gasteiger charge is 2.30. The minimum atomic E-state index is -0.195. The molecule has 1 saturated carbocycles. The molecule has 0 aromatic heterocycles. The Kier molecular flexibility index (Phi) is 3.88. The Morgan fingerprint density at radius 1 is 1.10 bits per heavy atom. The minimum absolute atomic E-state index is 0.195. The second kappa shape index (κ2) is 5.99. The molecule has 21 heavy (non-hydrogen) atoms. The van der Waals surface area contributed by atoms with Gasteiger partial charge < -0.3 is 14.8 Å². The van der Waals surface area contributed by atoms with Crippen molar-refractivity contribution in [3.05, 3.63) is 29.8 Å². The molecule has 0 radical (unpaired) electrons. The van der Waals surface area contributed by atoms with Gasteiger partial charge in [-0.1, -0.05) is 30.3 Å². The van der Waals surface area contributed by atoms with Gasteiger partial charge in [0.1, 0.15) is 0 Å². The first-order chi connectivity index (χ1) is 10.4. The Hall–Kier alpha value is -1.04. The Morgan fingerprint density at radius 3 is 2.71 bits per heavy atom. The quantitative estimate of drug-likeness (QED) is 0.909. The van der Waals surface area contributed by atoms with Crippen molar-refractivity contribution in [1.29, 1.82) is 0 Å². The molecule has 2 aliphatic heterocycles. The van der Waals surface area contributed by atoms with Crippen LogP contribution in [0, 0.1) is 5.92 Å². The van der Waals surface area contributed by atoms with Crippen LogP contribution in [0.3, 0.4) is 0 Å². The number of fused-ring (bicyclic) bond motifs is 1. The molecule has 0 bridgehead atoms. The summed E-state index contributed by atoms with van der Waals surface area (Å²) < 4.78 is 11.0. The molecule has 3 aliphatic rings. The number of aliphatic imine (C=N–C) groups is 1. The molecule has 2 atom stereocenters. The number of nitrogens with one attached hydrogen (secondary N) is 1. The number of rotatable bonds is 2. The van der Waals surface area contributed by atoms with E-state index in [9.17, 15) is 0 Å². The Balaban J connectivity index is 1.42. The van der Waals surface area contributed by atoms with E-state index in [1.54, 1.807) is 0 Å². The van der Waals surface area contributed by atoms with Gasteiger partial charge in [-0.05, 0) is 30.9 Å². The fourth-order valence-electron chi connectivity index (χ4n) is 3.22. The molecular formula is C16H20N2O2S. The van der Waals surface area contributed by atoms with Crippen molar-refractivity contribution in [1.82, 2.24) is 0 Å². The van der Waals surface area contributed by atoms with Crippen LogP contribution in [0.4, 0.5) is 5.69 Å². The molecule has 112 valence electrons. The van der Waals surface area contributed by atoms with Gasteiger partial charge in [0.2, 0.25) is 0 Å². The second-order valence-electron chi connectivity index (χ2n) is 5.82. The summed E-state index contributed by atoms with van der Waals surface area (Å²) in [4.78, 5) is 4.86. The molecule has 1 saturated heterocycles. The number of nitrogens with zero attached hydrogens (tertiary/aromatic N) is 1. The van der Waals surface area contributed by atoms with Crippen LogP contribution >= 0.6 is 11.8 Å². The van der Waals surface area contributed by atoms with Crippen molar-refractivity contribution in [2.24, 2.45) is 10.9 Å². The summed E-state index contributed by atoms with van der Waals surface area (Å²) in [7, 11) is 0. The lowest BCUT2D eigenvalue weighted by atomic mass is 10.1. The molecule has 4 rings (SSSR count). The van der Waals surface area contributed by atoms with Gasteiger partial charge in [-0.2, -0.15) is 0 Å². The lowest BCUT2D eigenvalue weighted by molar-refractivity contribution is -0.0441. The fraction of sp³-hybridized carbons (Fsp3) is 0.562. The summed E-state index contributed by atoms with van der Waals surface area (Å²) in [6, 6.07) is 8.82. The Bertz CT molecular complexity index is 526. The monoisotopic (exact) mass is 304 g/mol. The third-order valence-corrected chi connectivity index (χ3v) is 5.47. The van der Waals surface area contributed by atoms with E-state index in [0.717, 1.165) is 22.3 Å². The van der Waals surface area contributed by atoms with E-state index in [0.29, 0.717) is 19.3 Å².